The van der Waals surface area contributed by atoms with Crippen LogP contribution in [0.2, 0.25) is 5.02 Å². The third-order valence-electron chi connectivity index (χ3n) is 3.86. The van der Waals surface area contributed by atoms with Crippen LogP contribution < -0.4 is 10.2 Å². The lowest BCUT2D eigenvalue weighted by atomic mass is 10.2. The van der Waals surface area contributed by atoms with Crippen LogP contribution in [-0.4, -0.2) is 36.2 Å². The van der Waals surface area contributed by atoms with Gasteiger partial charge in [-0.25, -0.2) is 0 Å². The number of pyridine rings is 1. The average molecular weight is 346 g/mol. The Balaban J connectivity index is 1.67. The van der Waals surface area contributed by atoms with Crippen LogP contribution in [0.4, 0.5) is 11.4 Å². The molecule has 3 rings (SSSR count). The Morgan fingerprint density at radius 1 is 1.21 bits per heavy atom. The molecule has 1 aliphatic rings. The van der Waals surface area contributed by atoms with Crippen molar-refractivity contribution in [2.75, 3.05) is 23.3 Å². The molecule has 1 N–H and O–H groups in total. The molecular weight excluding hydrogens is 326 g/mol. The van der Waals surface area contributed by atoms with Crippen LogP contribution in [0.3, 0.4) is 0 Å². The summed E-state index contributed by atoms with van der Waals surface area (Å²) in [5, 5.41) is 3.32. The Bertz CT molecular complexity index is 710. The molecule has 1 saturated heterocycles. The molecule has 1 amide bonds. The van der Waals surface area contributed by atoms with Crippen molar-refractivity contribution in [3.63, 3.8) is 0 Å². The Morgan fingerprint density at radius 3 is 2.50 bits per heavy atom. The molecule has 2 aromatic rings. The van der Waals surface area contributed by atoms with Crippen LogP contribution in [-0.2, 0) is 4.74 Å². The summed E-state index contributed by atoms with van der Waals surface area (Å²) in [7, 11) is 0. The quantitative estimate of drug-likeness (QED) is 0.923. The van der Waals surface area contributed by atoms with Gasteiger partial charge in [0.1, 0.15) is 5.69 Å². The molecule has 0 bridgehead atoms. The number of anilines is 2. The maximum atomic E-state index is 12.2. The number of hydrogen-bond donors (Lipinski definition) is 1. The first-order valence-electron chi connectivity index (χ1n) is 7.94. The van der Waals surface area contributed by atoms with E-state index in [0.717, 1.165) is 24.5 Å². The van der Waals surface area contributed by atoms with Gasteiger partial charge in [0.15, 0.2) is 0 Å². The highest BCUT2D eigenvalue weighted by Gasteiger charge is 2.22. The Kier molecular flexibility index (Phi) is 5.02. The van der Waals surface area contributed by atoms with E-state index < -0.39 is 0 Å². The zero-order chi connectivity index (χ0) is 17.1. The minimum atomic E-state index is -0.279. The van der Waals surface area contributed by atoms with E-state index in [9.17, 15) is 4.79 Å². The van der Waals surface area contributed by atoms with Crippen molar-refractivity contribution in [1.29, 1.82) is 0 Å². The largest absolute Gasteiger partial charge is 0.372 e. The van der Waals surface area contributed by atoms with Gasteiger partial charge in [-0.1, -0.05) is 11.6 Å². The molecule has 2 heterocycles. The van der Waals surface area contributed by atoms with E-state index in [1.807, 2.05) is 24.3 Å². The lowest BCUT2D eigenvalue weighted by Crippen LogP contribution is -2.45. The monoisotopic (exact) mass is 345 g/mol. The van der Waals surface area contributed by atoms with Crippen LogP contribution in [0.25, 0.3) is 0 Å². The van der Waals surface area contributed by atoms with Crippen molar-refractivity contribution < 1.29 is 9.53 Å². The number of rotatable bonds is 3. The van der Waals surface area contributed by atoms with E-state index in [1.165, 1.54) is 6.20 Å². The van der Waals surface area contributed by atoms with Crippen LogP contribution in [0.15, 0.2) is 42.6 Å². The van der Waals surface area contributed by atoms with Gasteiger partial charge in [-0.15, -0.1) is 0 Å². The molecule has 0 unspecified atom stereocenters. The van der Waals surface area contributed by atoms with Gasteiger partial charge in [-0.3, -0.25) is 9.78 Å². The minimum Gasteiger partial charge on any atom is -0.372 e. The first-order chi connectivity index (χ1) is 11.5. The minimum absolute atomic E-state index is 0.210. The number of benzene rings is 1. The maximum Gasteiger partial charge on any atom is 0.274 e. The van der Waals surface area contributed by atoms with Gasteiger partial charge in [-0.05, 0) is 50.2 Å². The Morgan fingerprint density at radius 2 is 1.88 bits per heavy atom. The van der Waals surface area contributed by atoms with E-state index in [1.54, 1.807) is 12.1 Å². The van der Waals surface area contributed by atoms with E-state index in [-0.39, 0.29) is 18.1 Å². The van der Waals surface area contributed by atoms with E-state index in [0.29, 0.717) is 10.7 Å². The highest BCUT2D eigenvalue weighted by molar-refractivity contribution is 6.30. The molecule has 126 valence electrons. The SMILES string of the molecule is C[C@@H]1CN(c2ccc(NC(=O)c3cc(Cl)ccn3)cc2)C[C@H](C)O1. The average Bonchev–Trinajstić information content (AvgIpc) is 2.54. The Labute approximate surface area is 146 Å². The number of halogens is 1. The molecule has 0 spiro atoms. The fourth-order valence-electron chi connectivity index (χ4n) is 2.87. The number of aromatic nitrogens is 1. The third kappa shape index (κ3) is 4.04. The zero-order valence-corrected chi connectivity index (χ0v) is 14.5. The lowest BCUT2D eigenvalue weighted by Gasteiger charge is -2.36. The fraction of sp³-hybridized carbons (Fsp3) is 0.333. The predicted molar refractivity (Wildman–Crippen MR) is 95.9 cm³/mol. The van der Waals surface area contributed by atoms with Crippen LogP contribution in [0.5, 0.6) is 0 Å². The van der Waals surface area contributed by atoms with Crippen LogP contribution in [0, 0.1) is 0 Å². The topological polar surface area (TPSA) is 54.5 Å². The fourth-order valence-corrected chi connectivity index (χ4v) is 3.03. The maximum absolute atomic E-state index is 12.2. The molecule has 2 atom stereocenters. The van der Waals surface area contributed by atoms with Gasteiger partial charge in [0.05, 0.1) is 12.2 Å². The second kappa shape index (κ2) is 7.20. The van der Waals surface area contributed by atoms with Crippen LogP contribution >= 0.6 is 11.6 Å². The summed E-state index contributed by atoms with van der Waals surface area (Å²) < 4.78 is 5.76. The van der Waals surface area contributed by atoms with Crippen molar-refractivity contribution in [2.45, 2.75) is 26.1 Å². The molecule has 24 heavy (non-hydrogen) atoms. The second-order valence-electron chi connectivity index (χ2n) is 6.02. The first-order valence-corrected chi connectivity index (χ1v) is 8.32. The number of amides is 1. The lowest BCUT2D eigenvalue weighted by molar-refractivity contribution is -0.00521. The summed E-state index contributed by atoms with van der Waals surface area (Å²) in [5.74, 6) is -0.279. The van der Waals surface area contributed by atoms with Gasteiger partial charge in [0, 0.05) is 35.7 Å². The highest BCUT2D eigenvalue weighted by atomic mass is 35.5. The summed E-state index contributed by atoms with van der Waals surface area (Å²) >= 11 is 5.89. The molecule has 1 aromatic carbocycles. The van der Waals surface area contributed by atoms with E-state index in [4.69, 9.17) is 16.3 Å². The molecule has 1 aromatic heterocycles. The summed E-state index contributed by atoms with van der Waals surface area (Å²) in [6.45, 7) is 5.88. The van der Waals surface area contributed by atoms with Crippen molar-refractivity contribution in [3.8, 4) is 0 Å². The molecule has 0 radical (unpaired) electrons. The van der Waals surface area contributed by atoms with Gasteiger partial charge in [-0.2, -0.15) is 0 Å². The smallest absolute Gasteiger partial charge is 0.274 e. The van der Waals surface area contributed by atoms with Crippen LogP contribution in [0.1, 0.15) is 24.3 Å². The number of nitrogens with zero attached hydrogens (tertiary/aromatic N) is 2. The van der Waals surface area contributed by atoms with Crippen molar-refractivity contribution >= 4 is 28.9 Å². The Hall–Kier alpha value is -2.11. The normalized spacial score (nSPS) is 20.7. The molecule has 0 aliphatic carbocycles. The number of carbonyl (C=O) groups excluding carboxylic acids is 1. The first kappa shape index (κ1) is 16.7. The second-order valence-corrected chi connectivity index (χ2v) is 6.46. The summed E-state index contributed by atoms with van der Waals surface area (Å²) in [6, 6.07) is 11.0. The molecule has 5 nitrogen and oxygen atoms in total. The van der Waals surface area contributed by atoms with Gasteiger partial charge < -0.3 is 15.0 Å². The number of morpholine rings is 1. The van der Waals surface area contributed by atoms with E-state index in [2.05, 4.69) is 29.0 Å². The van der Waals surface area contributed by atoms with Gasteiger partial charge in [0.2, 0.25) is 0 Å². The van der Waals surface area contributed by atoms with Gasteiger partial charge in [0.25, 0.3) is 5.91 Å². The summed E-state index contributed by atoms with van der Waals surface area (Å²) in [6.07, 6.45) is 1.94. The number of carbonyl (C=O) groups is 1. The molecule has 6 heteroatoms. The summed E-state index contributed by atoms with van der Waals surface area (Å²) in [4.78, 5) is 18.5. The molecule has 0 saturated carbocycles. The molecule has 1 aliphatic heterocycles. The number of nitrogens with one attached hydrogen (secondary N) is 1. The molecule has 1 fully saturated rings. The van der Waals surface area contributed by atoms with Crippen molar-refractivity contribution in [1.82, 2.24) is 4.98 Å². The summed E-state index contributed by atoms with van der Waals surface area (Å²) in [5.41, 5.74) is 2.14. The van der Waals surface area contributed by atoms with Crippen molar-refractivity contribution in [3.05, 3.63) is 53.3 Å². The number of ether oxygens (including phenoxy) is 1. The predicted octanol–water partition coefficient (Wildman–Crippen LogP) is 3.60. The number of hydrogen-bond acceptors (Lipinski definition) is 4. The van der Waals surface area contributed by atoms with Crippen molar-refractivity contribution in [2.24, 2.45) is 0 Å². The van der Waals surface area contributed by atoms with E-state index >= 15 is 0 Å². The molecular formula is C18H20ClN3O2. The van der Waals surface area contributed by atoms with Gasteiger partial charge >= 0.3 is 0 Å². The standard InChI is InChI=1S/C18H20ClN3O2/c1-12-10-22(11-13(2)24-12)16-5-3-15(4-6-16)21-18(23)17-9-14(19)7-8-20-17/h3-9,12-13H,10-11H2,1-2H3,(H,21,23)/t12-,13+. The highest BCUT2D eigenvalue weighted by Crippen LogP contribution is 2.22. The zero-order valence-electron chi connectivity index (χ0n) is 13.7. The third-order valence-corrected chi connectivity index (χ3v) is 4.10.